The van der Waals surface area contributed by atoms with Crippen molar-refractivity contribution in [2.75, 3.05) is 0 Å². The summed E-state index contributed by atoms with van der Waals surface area (Å²) in [6.07, 6.45) is 0. The normalized spacial score (nSPS) is 25.1. The van der Waals surface area contributed by atoms with Crippen LogP contribution in [0.1, 0.15) is 0 Å². The molecule has 24 heavy (non-hydrogen) atoms. The van der Waals surface area contributed by atoms with Gasteiger partial charge in [0.1, 0.15) is 8.07 Å². The van der Waals surface area contributed by atoms with Crippen LogP contribution in [0.4, 0.5) is 0 Å². The van der Waals surface area contributed by atoms with Crippen molar-refractivity contribution < 1.29 is 16.5 Å². The topological polar surface area (TPSA) is 36.9 Å². The summed E-state index contributed by atoms with van der Waals surface area (Å²) in [4.78, 5) is 0. The molecule has 4 nitrogen and oxygen atoms in total. The Hall–Kier alpha value is 0.144. The highest BCUT2D eigenvalue weighted by atomic mass is 28.5. The van der Waals surface area contributed by atoms with Gasteiger partial charge in [0.05, 0.1) is 0 Å². The van der Waals surface area contributed by atoms with Gasteiger partial charge < -0.3 is 16.5 Å². The first kappa shape index (κ1) is 22.2. The molecule has 1 aliphatic heterocycles. The number of rotatable bonds is 6. The van der Waals surface area contributed by atoms with E-state index in [2.05, 4.69) is 65.6 Å². The summed E-state index contributed by atoms with van der Waals surface area (Å²) in [5.74, 6) is 0. The summed E-state index contributed by atoms with van der Waals surface area (Å²) in [5, 5.41) is 0. The Bertz CT molecular complexity index is 460. The maximum Gasteiger partial charge on any atom is 0.317 e. The molecule has 1 rings (SSSR count). The molecule has 0 spiro atoms. The molecule has 0 radical (unpaired) electrons. The highest BCUT2D eigenvalue weighted by Gasteiger charge is 2.52. The monoisotopic (exact) mass is 418 g/mol. The van der Waals surface area contributed by atoms with Crippen molar-refractivity contribution in [3.05, 3.63) is 36.8 Å². The summed E-state index contributed by atoms with van der Waals surface area (Å²) in [7, 11) is -11.1. The first-order chi connectivity index (χ1) is 10.7. The highest BCUT2D eigenvalue weighted by molar-refractivity contribution is 6.96. The van der Waals surface area contributed by atoms with E-state index in [1.54, 1.807) is 0 Å². The van der Waals surface area contributed by atoms with Crippen LogP contribution in [-0.4, -0.2) is 42.3 Å². The molecule has 0 unspecified atom stereocenters. The van der Waals surface area contributed by atoms with Gasteiger partial charge in [0.15, 0.2) is 0 Å². The molecular weight excluding hydrogens is 385 g/mol. The largest absolute Gasteiger partial charge is 0.416 e. The van der Waals surface area contributed by atoms with E-state index in [1.165, 1.54) is 0 Å². The van der Waals surface area contributed by atoms with E-state index >= 15 is 0 Å². The fourth-order valence-electron chi connectivity index (χ4n) is 3.41. The van der Waals surface area contributed by atoms with E-state index < -0.39 is 42.3 Å². The molecule has 0 saturated carbocycles. The lowest BCUT2D eigenvalue weighted by Crippen LogP contribution is -2.65. The maximum absolute atomic E-state index is 6.61. The summed E-state index contributed by atoms with van der Waals surface area (Å²) in [6, 6.07) is 1.84. The van der Waals surface area contributed by atoms with Crippen molar-refractivity contribution in [2.45, 2.75) is 57.9 Å². The predicted octanol–water partition coefficient (Wildman–Crippen LogP) is 4.87. The van der Waals surface area contributed by atoms with Crippen LogP contribution >= 0.6 is 0 Å². The molecule has 9 heteroatoms. The molecule has 1 saturated heterocycles. The molecule has 0 atom stereocenters. The zero-order valence-corrected chi connectivity index (χ0v) is 21.4. The van der Waals surface area contributed by atoms with Gasteiger partial charge in [-0.15, -0.1) is 19.7 Å². The quantitative estimate of drug-likeness (QED) is 0.577. The minimum Gasteiger partial charge on any atom is -0.416 e. The van der Waals surface area contributed by atoms with E-state index in [4.69, 9.17) is 16.5 Å². The zero-order chi connectivity index (χ0) is 18.9. The fourth-order valence-corrected chi connectivity index (χ4v) is 28.8. The molecule has 0 aromatic heterocycles. The van der Waals surface area contributed by atoms with Crippen molar-refractivity contribution in [1.29, 1.82) is 0 Å². The van der Waals surface area contributed by atoms with Crippen LogP contribution in [0.25, 0.3) is 0 Å². The zero-order valence-electron chi connectivity index (χ0n) is 16.4. The van der Waals surface area contributed by atoms with Crippen molar-refractivity contribution in [1.82, 2.24) is 0 Å². The SMILES string of the molecule is C=C[Si](C=C)(C=C)CC[Si]1(C)O[Si](C)(C)O[Si](C)(C)O[Si](C)(C)O1. The van der Waals surface area contributed by atoms with E-state index in [-0.39, 0.29) is 0 Å². The second-order valence-electron chi connectivity index (χ2n) is 7.97. The Morgan fingerprint density at radius 1 is 0.667 bits per heavy atom. The first-order valence-corrected chi connectivity index (χ1v) is 21.8. The molecule has 0 amide bonds. The Labute approximate surface area is 153 Å². The molecule has 0 aromatic carbocycles. The molecule has 0 bridgehead atoms. The van der Waals surface area contributed by atoms with Crippen LogP contribution in [0.3, 0.4) is 0 Å². The van der Waals surface area contributed by atoms with Crippen LogP contribution in [0.2, 0.25) is 57.9 Å². The highest BCUT2D eigenvalue weighted by Crippen LogP contribution is 2.34. The smallest absolute Gasteiger partial charge is 0.317 e. The van der Waals surface area contributed by atoms with E-state index in [0.29, 0.717) is 0 Å². The van der Waals surface area contributed by atoms with Crippen LogP contribution in [-0.2, 0) is 16.5 Å². The van der Waals surface area contributed by atoms with Gasteiger partial charge in [-0.25, -0.2) is 0 Å². The van der Waals surface area contributed by atoms with Crippen molar-refractivity contribution in [2.24, 2.45) is 0 Å². The predicted molar refractivity (Wildman–Crippen MR) is 114 cm³/mol. The lowest BCUT2D eigenvalue weighted by molar-refractivity contribution is 0.235. The molecule has 0 N–H and O–H groups in total. The fraction of sp³-hybridized carbons (Fsp3) is 0.600. The summed E-state index contributed by atoms with van der Waals surface area (Å²) >= 11 is 0. The lowest BCUT2D eigenvalue weighted by atomic mass is 10.9. The Kier molecular flexibility index (Phi) is 6.85. The van der Waals surface area contributed by atoms with Crippen molar-refractivity contribution >= 4 is 42.3 Å². The van der Waals surface area contributed by atoms with Crippen LogP contribution < -0.4 is 0 Å². The molecule has 0 aromatic rings. The molecule has 0 aliphatic carbocycles. The maximum atomic E-state index is 6.61. The Morgan fingerprint density at radius 3 is 1.33 bits per heavy atom. The van der Waals surface area contributed by atoms with Gasteiger partial charge in [-0.1, -0.05) is 17.1 Å². The van der Waals surface area contributed by atoms with Gasteiger partial charge in [-0.2, -0.15) is 0 Å². The molecule has 1 heterocycles. The number of hydrogen-bond donors (Lipinski definition) is 0. The third-order valence-corrected chi connectivity index (χ3v) is 24.4. The Balaban J connectivity index is 3.07. The van der Waals surface area contributed by atoms with Crippen molar-refractivity contribution in [3.63, 3.8) is 0 Å². The van der Waals surface area contributed by atoms with Gasteiger partial charge in [0.2, 0.25) is 0 Å². The minimum absolute atomic E-state index is 0.880. The van der Waals surface area contributed by atoms with Gasteiger partial charge >= 0.3 is 34.2 Å². The van der Waals surface area contributed by atoms with Crippen LogP contribution in [0.15, 0.2) is 36.8 Å². The minimum atomic E-state index is -2.42. The molecular formula is C15H34O4Si5. The van der Waals surface area contributed by atoms with Gasteiger partial charge in [-0.3, -0.25) is 0 Å². The second-order valence-corrected chi connectivity index (χ2v) is 26.3. The average molecular weight is 419 g/mol. The van der Waals surface area contributed by atoms with Crippen LogP contribution in [0.5, 0.6) is 0 Å². The van der Waals surface area contributed by atoms with Crippen LogP contribution in [0, 0.1) is 0 Å². The van der Waals surface area contributed by atoms with Crippen molar-refractivity contribution in [3.8, 4) is 0 Å². The van der Waals surface area contributed by atoms with Gasteiger partial charge in [0, 0.05) is 0 Å². The summed E-state index contributed by atoms with van der Waals surface area (Å²) in [5.41, 5.74) is 6.09. The Morgan fingerprint density at radius 2 is 1.00 bits per heavy atom. The molecule has 1 fully saturated rings. The van der Waals surface area contributed by atoms with E-state index in [9.17, 15) is 0 Å². The molecule has 1 aliphatic rings. The average Bonchev–Trinajstić information content (AvgIpc) is 2.35. The van der Waals surface area contributed by atoms with E-state index in [1.807, 2.05) is 17.1 Å². The summed E-state index contributed by atoms with van der Waals surface area (Å²) in [6.45, 7) is 26.7. The standard InChI is InChI=1S/C15H34O4Si5/c1-11-24(12-2,13-3)15-14-23(10)18-21(6,7)16-20(4,5)17-22(8,9)19-23/h11-13H,1-3,14-15H2,4-10H3. The third kappa shape index (κ3) is 6.14. The third-order valence-electron chi connectivity index (χ3n) is 4.06. The number of hydrogen-bond acceptors (Lipinski definition) is 4. The molecule has 138 valence electrons. The second kappa shape index (κ2) is 7.41. The van der Waals surface area contributed by atoms with Gasteiger partial charge in [0.25, 0.3) is 0 Å². The first-order valence-electron chi connectivity index (χ1n) is 8.43. The van der Waals surface area contributed by atoms with Gasteiger partial charge in [-0.05, 0) is 57.9 Å². The van der Waals surface area contributed by atoms with E-state index in [0.717, 1.165) is 12.1 Å². The lowest BCUT2D eigenvalue weighted by Gasteiger charge is -2.47. The summed E-state index contributed by atoms with van der Waals surface area (Å²) < 4.78 is 26.0.